The fourth-order valence-electron chi connectivity index (χ4n) is 3.16. The number of amides is 1. The first-order valence-electron chi connectivity index (χ1n) is 8.96. The molecule has 0 bridgehead atoms. The highest BCUT2D eigenvalue weighted by atomic mass is 32.1. The van der Waals surface area contributed by atoms with E-state index in [4.69, 9.17) is 0 Å². The number of allylic oxidation sites excluding steroid dienone is 4. The number of aryl methyl sites for hydroxylation is 1. The number of carbonyl (C=O) groups is 1. The lowest BCUT2D eigenvalue weighted by Crippen LogP contribution is -2.23. The van der Waals surface area contributed by atoms with Gasteiger partial charge in [0, 0.05) is 30.8 Å². The molecule has 0 spiro atoms. The van der Waals surface area contributed by atoms with E-state index in [1.54, 1.807) is 30.3 Å². The average molecular weight is 375 g/mol. The lowest BCUT2D eigenvalue weighted by Gasteiger charge is -2.10. The SMILES string of the molecule is Cc1ccc(-c2cc3c(CC4=CCC=C4)nnc(C(=O)N(C)C)c3s2)cc1. The molecule has 0 atom stereocenters. The Morgan fingerprint density at radius 1 is 1.19 bits per heavy atom. The molecule has 2 aromatic heterocycles. The lowest BCUT2D eigenvalue weighted by atomic mass is 10.1. The third-order valence-corrected chi connectivity index (χ3v) is 5.88. The van der Waals surface area contributed by atoms with E-state index in [0.717, 1.165) is 39.1 Å². The van der Waals surface area contributed by atoms with Crippen LogP contribution < -0.4 is 0 Å². The minimum Gasteiger partial charge on any atom is -0.343 e. The molecule has 136 valence electrons. The molecule has 1 aliphatic carbocycles. The Morgan fingerprint density at radius 3 is 2.63 bits per heavy atom. The number of benzene rings is 1. The van der Waals surface area contributed by atoms with Gasteiger partial charge in [0.25, 0.3) is 5.91 Å². The fraction of sp³-hybridized carbons (Fsp3) is 0.227. The third kappa shape index (κ3) is 3.43. The van der Waals surface area contributed by atoms with E-state index in [9.17, 15) is 4.79 Å². The first-order valence-corrected chi connectivity index (χ1v) is 9.78. The topological polar surface area (TPSA) is 46.1 Å². The van der Waals surface area contributed by atoms with Crippen molar-refractivity contribution in [3.63, 3.8) is 0 Å². The van der Waals surface area contributed by atoms with E-state index in [0.29, 0.717) is 5.69 Å². The van der Waals surface area contributed by atoms with Crippen LogP contribution in [-0.2, 0) is 6.42 Å². The van der Waals surface area contributed by atoms with Crippen LogP contribution in [0, 0.1) is 6.92 Å². The molecule has 0 aliphatic heterocycles. The van der Waals surface area contributed by atoms with Gasteiger partial charge in [0.2, 0.25) is 0 Å². The van der Waals surface area contributed by atoms with Crippen LogP contribution in [0.25, 0.3) is 20.5 Å². The summed E-state index contributed by atoms with van der Waals surface area (Å²) in [6.45, 7) is 2.08. The molecule has 0 fully saturated rings. The molecule has 1 aromatic carbocycles. The first-order chi connectivity index (χ1) is 13.0. The second-order valence-corrected chi connectivity index (χ2v) is 8.06. The predicted octanol–water partition coefficient (Wildman–Crippen LogP) is 4.80. The van der Waals surface area contributed by atoms with Crippen LogP contribution in [0.2, 0.25) is 0 Å². The van der Waals surface area contributed by atoms with Gasteiger partial charge in [-0.05, 0) is 30.5 Å². The monoisotopic (exact) mass is 375 g/mol. The summed E-state index contributed by atoms with van der Waals surface area (Å²) in [5, 5.41) is 9.76. The zero-order valence-electron chi connectivity index (χ0n) is 15.7. The van der Waals surface area contributed by atoms with E-state index in [1.807, 2.05) is 0 Å². The van der Waals surface area contributed by atoms with Crippen molar-refractivity contribution in [2.75, 3.05) is 14.1 Å². The summed E-state index contributed by atoms with van der Waals surface area (Å²) >= 11 is 1.61. The Kier molecular flexibility index (Phi) is 4.62. The summed E-state index contributed by atoms with van der Waals surface area (Å²) in [6, 6.07) is 10.6. The number of thiophene rings is 1. The Bertz CT molecular complexity index is 1070. The number of rotatable bonds is 4. The number of hydrogen-bond acceptors (Lipinski definition) is 4. The van der Waals surface area contributed by atoms with Crippen molar-refractivity contribution in [3.8, 4) is 10.4 Å². The quantitative estimate of drug-likeness (QED) is 0.658. The van der Waals surface area contributed by atoms with E-state index >= 15 is 0 Å². The fourth-order valence-corrected chi connectivity index (χ4v) is 4.33. The van der Waals surface area contributed by atoms with Gasteiger partial charge in [-0.25, -0.2) is 0 Å². The van der Waals surface area contributed by atoms with Crippen molar-refractivity contribution < 1.29 is 4.79 Å². The van der Waals surface area contributed by atoms with E-state index in [2.05, 4.69) is 65.7 Å². The molecular weight excluding hydrogens is 354 g/mol. The summed E-state index contributed by atoms with van der Waals surface area (Å²) in [5.74, 6) is -0.115. The smallest absolute Gasteiger partial charge is 0.275 e. The molecule has 4 rings (SSSR count). The lowest BCUT2D eigenvalue weighted by molar-refractivity contribution is 0.0823. The van der Waals surface area contributed by atoms with Crippen LogP contribution >= 0.6 is 11.3 Å². The molecule has 1 amide bonds. The number of aromatic nitrogens is 2. The maximum atomic E-state index is 12.6. The summed E-state index contributed by atoms with van der Waals surface area (Å²) in [7, 11) is 3.48. The van der Waals surface area contributed by atoms with Gasteiger partial charge in [-0.3, -0.25) is 4.79 Å². The molecule has 0 saturated heterocycles. The minimum absolute atomic E-state index is 0.115. The van der Waals surface area contributed by atoms with Gasteiger partial charge in [-0.1, -0.05) is 48.1 Å². The Balaban J connectivity index is 1.87. The summed E-state index contributed by atoms with van der Waals surface area (Å²) < 4.78 is 0.914. The summed E-state index contributed by atoms with van der Waals surface area (Å²) in [5.41, 5.74) is 4.98. The molecule has 1 aliphatic rings. The molecule has 4 nitrogen and oxygen atoms in total. The Morgan fingerprint density at radius 2 is 1.96 bits per heavy atom. The normalized spacial score (nSPS) is 13.2. The maximum Gasteiger partial charge on any atom is 0.275 e. The number of fused-ring (bicyclic) bond motifs is 1. The van der Waals surface area contributed by atoms with Gasteiger partial charge >= 0.3 is 0 Å². The number of carbonyl (C=O) groups excluding carboxylic acids is 1. The molecule has 3 aromatic rings. The molecule has 2 heterocycles. The van der Waals surface area contributed by atoms with Gasteiger partial charge < -0.3 is 4.90 Å². The van der Waals surface area contributed by atoms with Crippen LogP contribution in [0.4, 0.5) is 0 Å². The third-order valence-electron chi connectivity index (χ3n) is 4.69. The zero-order valence-corrected chi connectivity index (χ0v) is 16.5. The summed E-state index contributed by atoms with van der Waals surface area (Å²) in [4.78, 5) is 15.3. The van der Waals surface area contributed by atoms with Crippen molar-refractivity contribution in [1.82, 2.24) is 15.1 Å². The van der Waals surface area contributed by atoms with Crippen molar-refractivity contribution in [2.45, 2.75) is 19.8 Å². The van der Waals surface area contributed by atoms with Crippen molar-refractivity contribution in [2.24, 2.45) is 0 Å². The van der Waals surface area contributed by atoms with Crippen LogP contribution in [0.3, 0.4) is 0 Å². The first kappa shape index (κ1) is 17.6. The molecule has 0 N–H and O–H groups in total. The number of hydrogen-bond donors (Lipinski definition) is 0. The second-order valence-electron chi connectivity index (χ2n) is 7.01. The Hall–Kier alpha value is -2.79. The Labute approximate surface area is 162 Å². The number of nitrogens with zero attached hydrogens (tertiary/aromatic N) is 3. The van der Waals surface area contributed by atoms with E-state index in [-0.39, 0.29) is 5.91 Å². The predicted molar refractivity (Wildman–Crippen MR) is 111 cm³/mol. The molecule has 0 radical (unpaired) electrons. The van der Waals surface area contributed by atoms with Crippen LogP contribution in [0.1, 0.15) is 28.2 Å². The van der Waals surface area contributed by atoms with Crippen LogP contribution in [0.5, 0.6) is 0 Å². The van der Waals surface area contributed by atoms with Gasteiger partial charge in [0.05, 0.1) is 10.4 Å². The molecule has 5 heteroatoms. The van der Waals surface area contributed by atoms with Crippen LogP contribution in [0.15, 0.2) is 54.1 Å². The van der Waals surface area contributed by atoms with Crippen molar-refractivity contribution in [1.29, 1.82) is 0 Å². The minimum atomic E-state index is -0.115. The van der Waals surface area contributed by atoms with Gasteiger partial charge in [-0.15, -0.1) is 16.4 Å². The van der Waals surface area contributed by atoms with Gasteiger partial charge in [-0.2, -0.15) is 5.10 Å². The summed E-state index contributed by atoms with van der Waals surface area (Å²) in [6.07, 6.45) is 8.20. The zero-order chi connectivity index (χ0) is 19.0. The van der Waals surface area contributed by atoms with E-state index < -0.39 is 0 Å². The second kappa shape index (κ2) is 7.08. The maximum absolute atomic E-state index is 12.6. The van der Waals surface area contributed by atoms with Crippen LogP contribution in [-0.4, -0.2) is 35.1 Å². The van der Waals surface area contributed by atoms with Crippen molar-refractivity contribution >= 4 is 27.3 Å². The molecule has 27 heavy (non-hydrogen) atoms. The largest absolute Gasteiger partial charge is 0.343 e. The standard InChI is InChI=1S/C22H21N3OS/c1-14-8-10-16(11-9-14)19-13-17-18(12-15-6-4-5-7-15)23-24-20(21(17)27-19)22(26)25(2)3/h4,6-11,13H,5,12H2,1-3H3. The highest BCUT2D eigenvalue weighted by Gasteiger charge is 2.21. The average Bonchev–Trinajstić information content (AvgIpc) is 3.32. The molecule has 0 saturated carbocycles. The highest BCUT2D eigenvalue weighted by molar-refractivity contribution is 7.22. The van der Waals surface area contributed by atoms with E-state index in [1.165, 1.54) is 11.1 Å². The van der Waals surface area contributed by atoms with Gasteiger partial charge in [0.15, 0.2) is 5.69 Å². The molecule has 0 unspecified atom stereocenters. The van der Waals surface area contributed by atoms with Gasteiger partial charge in [0.1, 0.15) is 0 Å². The molecular formula is C22H21N3OS. The highest BCUT2D eigenvalue weighted by Crippen LogP contribution is 2.37. The van der Waals surface area contributed by atoms with Crippen molar-refractivity contribution in [3.05, 3.63) is 71.1 Å².